The maximum absolute atomic E-state index is 10.2. The fourth-order valence-corrected chi connectivity index (χ4v) is 3.35. The van der Waals surface area contributed by atoms with Crippen molar-refractivity contribution < 1.29 is 5.11 Å². The molecular weight excluding hydrogens is 284 g/mol. The third kappa shape index (κ3) is 2.30. The van der Waals surface area contributed by atoms with E-state index in [0.29, 0.717) is 6.54 Å². The van der Waals surface area contributed by atoms with E-state index in [1.807, 2.05) is 6.07 Å². The van der Waals surface area contributed by atoms with Crippen molar-refractivity contribution in [3.05, 3.63) is 29.9 Å². The van der Waals surface area contributed by atoms with Gasteiger partial charge in [0.25, 0.3) is 0 Å². The molecule has 3 heterocycles. The van der Waals surface area contributed by atoms with Gasteiger partial charge in [0, 0.05) is 6.54 Å². The van der Waals surface area contributed by atoms with Crippen molar-refractivity contribution in [3.8, 4) is 10.6 Å². The van der Waals surface area contributed by atoms with Crippen LogP contribution < -0.4 is 5.32 Å². The highest BCUT2D eigenvalue weighted by atomic mass is 32.1. The molecule has 1 aliphatic carbocycles. The summed E-state index contributed by atoms with van der Waals surface area (Å²) >= 11 is 1.69. The Hall–Kier alpha value is -1.92. The fourth-order valence-electron chi connectivity index (χ4n) is 2.66. The maximum atomic E-state index is 10.2. The third-order valence-corrected chi connectivity index (χ3v) is 4.98. The molecule has 0 bridgehead atoms. The minimum absolute atomic E-state index is 0.540. The highest BCUT2D eigenvalue weighted by Gasteiger charge is 2.34. The van der Waals surface area contributed by atoms with Gasteiger partial charge in [-0.2, -0.15) is 0 Å². The number of fused-ring (bicyclic) bond motifs is 1. The first-order valence-corrected chi connectivity index (χ1v) is 7.95. The van der Waals surface area contributed by atoms with E-state index in [1.54, 1.807) is 17.7 Å². The molecular formula is C15H16N4OS. The van der Waals surface area contributed by atoms with Gasteiger partial charge in [0.15, 0.2) is 0 Å². The Bertz CT molecular complexity index is 761. The molecule has 0 radical (unpaired) electrons. The maximum Gasteiger partial charge on any atom is 0.143 e. The quantitative estimate of drug-likeness (QED) is 0.692. The lowest BCUT2D eigenvalue weighted by Crippen LogP contribution is -2.43. The number of hydrogen-bond donors (Lipinski definition) is 3. The van der Waals surface area contributed by atoms with E-state index in [4.69, 9.17) is 0 Å². The largest absolute Gasteiger partial charge is 0.388 e. The van der Waals surface area contributed by atoms with Crippen molar-refractivity contribution in [2.75, 3.05) is 11.9 Å². The van der Waals surface area contributed by atoms with Crippen LogP contribution in [0.2, 0.25) is 0 Å². The van der Waals surface area contributed by atoms with Crippen molar-refractivity contribution in [2.24, 2.45) is 0 Å². The molecule has 3 aromatic rings. The van der Waals surface area contributed by atoms with Crippen molar-refractivity contribution in [1.82, 2.24) is 15.0 Å². The molecule has 6 heteroatoms. The van der Waals surface area contributed by atoms with Crippen LogP contribution in [0.3, 0.4) is 0 Å². The molecule has 1 saturated carbocycles. The zero-order valence-corrected chi connectivity index (χ0v) is 12.3. The van der Waals surface area contributed by atoms with Crippen LogP contribution in [0, 0.1) is 0 Å². The van der Waals surface area contributed by atoms with Gasteiger partial charge in [-0.3, -0.25) is 0 Å². The van der Waals surface area contributed by atoms with E-state index in [9.17, 15) is 5.11 Å². The first-order chi connectivity index (χ1) is 10.2. The molecule has 0 atom stereocenters. The summed E-state index contributed by atoms with van der Waals surface area (Å²) in [6.07, 6.45) is 4.37. The number of nitrogens with zero attached hydrogens (tertiary/aromatic N) is 2. The van der Waals surface area contributed by atoms with Gasteiger partial charge in [-0.15, -0.1) is 11.3 Å². The molecule has 108 valence electrons. The molecule has 5 nitrogen and oxygen atoms in total. The van der Waals surface area contributed by atoms with Crippen LogP contribution in [0.15, 0.2) is 29.9 Å². The Kier molecular flexibility index (Phi) is 2.94. The standard InChI is InChI=1S/C15H16N4OS/c20-15(4-2-5-15)8-16-13-10-7-11(12-3-1-6-21-12)19-14(10)18-9-17-13/h1,3,6-7,9,20H,2,4-5,8H2,(H2,16,17,18,19). The monoisotopic (exact) mass is 300 g/mol. The molecule has 4 rings (SSSR count). The minimum Gasteiger partial charge on any atom is -0.388 e. The van der Waals surface area contributed by atoms with E-state index in [-0.39, 0.29) is 0 Å². The van der Waals surface area contributed by atoms with Gasteiger partial charge in [-0.25, -0.2) is 9.97 Å². The predicted octanol–water partition coefficient (Wildman–Crippen LogP) is 3.01. The number of thiophene rings is 1. The smallest absolute Gasteiger partial charge is 0.143 e. The van der Waals surface area contributed by atoms with Crippen molar-refractivity contribution in [2.45, 2.75) is 24.9 Å². The number of hydrogen-bond acceptors (Lipinski definition) is 5. The Balaban J connectivity index is 1.65. The van der Waals surface area contributed by atoms with Gasteiger partial charge in [0.05, 0.1) is 21.6 Å². The highest BCUT2D eigenvalue weighted by molar-refractivity contribution is 7.13. The highest BCUT2D eigenvalue weighted by Crippen LogP contribution is 2.33. The van der Waals surface area contributed by atoms with E-state index in [0.717, 1.165) is 41.8 Å². The topological polar surface area (TPSA) is 73.8 Å². The number of rotatable bonds is 4. The number of anilines is 1. The lowest BCUT2D eigenvalue weighted by atomic mass is 9.80. The van der Waals surface area contributed by atoms with Crippen molar-refractivity contribution in [1.29, 1.82) is 0 Å². The normalized spacial score (nSPS) is 16.8. The first kappa shape index (κ1) is 12.8. The van der Waals surface area contributed by atoms with Gasteiger partial charge < -0.3 is 15.4 Å². The first-order valence-electron chi connectivity index (χ1n) is 7.07. The summed E-state index contributed by atoms with van der Waals surface area (Å²) in [5.41, 5.74) is 1.30. The Morgan fingerprint density at radius 3 is 3.00 bits per heavy atom. The predicted molar refractivity (Wildman–Crippen MR) is 84.5 cm³/mol. The Morgan fingerprint density at radius 1 is 1.38 bits per heavy atom. The third-order valence-electron chi connectivity index (χ3n) is 4.08. The Labute approximate surface area is 126 Å². The number of aromatic amines is 1. The van der Waals surface area contributed by atoms with Crippen LogP contribution in [0.5, 0.6) is 0 Å². The SMILES string of the molecule is OC1(CNc2ncnc3[nH]c(-c4cccs4)cc23)CCC1. The summed E-state index contributed by atoms with van der Waals surface area (Å²) in [5, 5.41) is 16.5. The van der Waals surface area contributed by atoms with E-state index in [2.05, 4.69) is 37.8 Å². The van der Waals surface area contributed by atoms with Crippen LogP contribution >= 0.6 is 11.3 Å². The molecule has 3 aromatic heterocycles. The number of aliphatic hydroxyl groups is 1. The second-order valence-electron chi connectivity index (χ2n) is 5.58. The summed E-state index contributed by atoms with van der Waals surface area (Å²) < 4.78 is 0. The molecule has 21 heavy (non-hydrogen) atoms. The van der Waals surface area contributed by atoms with Crippen molar-refractivity contribution >= 4 is 28.2 Å². The molecule has 0 saturated heterocycles. The summed E-state index contributed by atoms with van der Waals surface area (Å²) in [6, 6.07) is 6.17. The van der Waals surface area contributed by atoms with Crippen LogP contribution in [0.1, 0.15) is 19.3 Å². The second-order valence-corrected chi connectivity index (χ2v) is 6.52. The van der Waals surface area contributed by atoms with Gasteiger partial charge in [0.1, 0.15) is 17.8 Å². The van der Waals surface area contributed by atoms with Crippen LogP contribution in [-0.2, 0) is 0 Å². The van der Waals surface area contributed by atoms with Crippen LogP contribution in [0.25, 0.3) is 21.6 Å². The number of H-pyrrole nitrogens is 1. The summed E-state index contributed by atoms with van der Waals surface area (Å²) in [7, 11) is 0. The summed E-state index contributed by atoms with van der Waals surface area (Å²) in [4.78, 5) is 13.1. The van der Waals surface area contributed by atoms with Crippen molar-refractivity contribution in [3.63, 3.8) is 0 Å². The van der Waals surface area contributed by atoms with E-state index < -0.39 is 5.60 Å². The average molecular weight is 300 g/mol. The summed E-state index contributed by atoms with van der Waals surface area (Å²) in [5.74, 6) is 0.777. The molecule has 3 N–H and O–H groups in total. The Morgan fingerprint density at radius 2 is 2.29 bits per heavy atom. The zero-order chi connectivity index (χ0) is 14.3. The van der Waals surface area contributed by atoms with Gasteiger partial charge in [-0.05, 0) is 36.8 Å². The van der Waals surface area contributed by atoms with Gasteiger partial charge in [0.2, 0.25) is 0 Å². The molecule has 0 amide bonds. The molecule has 0 aliphatic heterocycles. The van der Waals surface area contributed by atoms with Crippen LogP contribution in [0.4, 0.5) is 5.82 Å². The molecule has 0 unspecified atom stereocenters. The van der Waals surface area contributed by atoms with Crippen LogP contribution in [-0.4, -0.2) is 32.2 Å². The zero-order valence-electron chi connectivity index (χ0n) is 11.5. The molecule has 1 aliphatic rings. The van der Waals surface area contributed by atoms with Gasteiger partial charge >= 0.3 is 0 Å². The van der Waals surface area contributed by atoms with E-state index in [1.165, 1.54) is 4.88 Å². The molecule has 1 fully saturated rings. The number of aromatic nitrogens is 3. The summed E-state index contributed by atoms with van der Waals surface area (Å²) in [6.45, 7) is 0.540. The minimum atomic E-state index is -0.565. The van der Waals surface area contributed by atoms with Gasteiger partial charge in [-0.1, -0.05) is 6.07 Å². The average Bonchev–Trinajstić information content (AvgIpc) is 3.11. The second kappa shape index (κ2) is 4.82. The molecule has 0 aromatic carbocycles. The molecule has 0 spiro atoms. The van der Waals surface area contributed by atoms with E-state index >= 15 is 0 Å². The fraction of sp³-hybridized carbons (Fsp3) is 0.333. The lowest BCUT2D eigenvalue weighted by Gasteiger charge is -2.36. The lowest BCUT2D eigenvalue weighted by molar-refractivity contribution is -0.0202. The number of nitrogens with one attached hydrogen (secondary N) is 2.